The fourth-order valence-corrected chi connectivity index (χ4v) is 4.94. The van der Waals surface area contributed by atoms with E-state index in [1.807, 2.05) is 83.4 Å². The Bertz CT molecular complexity index is 1410. The lowest BCUT2D eigenvalue weighted by molar-refractivity contribution is -0.153. The summed E-state index contributed by atoms with van der Waals surface area (Å²) in [6.07, 6.45) is 0.964. The molecule has 0 radical (unpaired) electrons. The Balaban J connectivity index is 1.61. The zero-order valence-electron chi connectivity index (χ0n) is 22.0. The highest BCUT2D eigenvalue weighted by Crippen LogP contribution is 2.42. The lowest BCUT2D eigenvalue weighted by Crippen LogP contribution is -2.49. The van der Waals surface area contributed by atoms with Crippen LogP contribution in [-0.2, 0) is 20.9 Å². The Morgan fingerprint density at radius 3 is 2.39 bits per heavy atom. The first-order valence-corrected chi connectivity index (χ1v) is 13.2. The first kappa shape index (κ1) is 25.5. The van der Waals surface area contributed by atoms with Crippen molar-refractivity contribution in [3.05, 3.63) is 90.0 Å². The minimum absolute atomic E-state index is 0.189. The van der Waals surface area contributed by atoms with Crippen molar-refractivity contribution in [3.8, 4) is 5.75 Å². The number of amides is 1. The van der Waals surface area contributed by atoms with Gasteiger partial charge in [-0.05, 0) is 54.7 Å². The number of para-hydroxylation sites is 2. The highest BCUT2D eigenvalue weighted by Gasteiger charge is 2.47. The largest absolute Gasteiger partial charge is 0.494 e. The number of hydrogen-bond donors (Lipinski definition) is 0. The number of esters is 1. The molecule has 1 amide bonds. The minimum atomic E-state index is -1.06. The van der Waals surface area contributed by atoms with Gasteiger partial charge in [-0.2, -0.15) is 0 Å². The van der Waals surface area contributed by atoms with Crippen molar-refractivity contribution in [1.29, 1.82) is 0 Å². The number of benzene rings is 3. The molecule has 0 aliphatic carbocycles. The number of carbonyl (C=O) groups excluding carboxylic acids is 2. The van der Waals surface area contributed by atoms with Gasteiger partial charge in [0, 0.05) is 0 Å². The van der Waals surface area contributed by atoms with Crippen molar-refractivity contribution in [2.45, 2.75) is 39.8 Å². The average Bonchev–Trinajstić information content (AvgIpc) is 3.30. The second-order valence-corrected chi connectivity index (χ2v) is 9.96. The number of ether oxygens (including phenoxy) is 2. The number of aromatic nitrogens is 2. The number of rotatable bonds is 9. The normalized spacial score (nSPS) is 17.1. The molecule has 7 nitrogen and oxygen atoms in total. The van der Waals surface area contributed by atoms with E-state index in [2.05, 4.69) is 13.8 Å². The van der Waals surface area contributed by atoms with E-state index in [1.165, 1.54) is 0 Å². The van der Waals surface area contributed by atoms with Crippen LogP contribution in [0.15, 0.2) is 78.9 Å². The van der Waals surface area contributed by atoms with Crippen molar-refractivity contribution in [2.75, 3.05) is 18.1 Å². The molecule has 2 atom stereocenters. The van der Waals surface area contributed by atoms with E-state index in [1.54, 1.807) is 11.8 Å². The van der Waals surface area contributed by atoms with Gasteiger partial charge in [0.1, 0.15) is 5.75 Å². The van der Waals surface area contributed by atoms with Crippen molar-refractivity contribution in [1.82, 2.24) is 9.55 Å². The number of anilines is 1. The molecule has 7 heteroatoms. The lowest BCUT2D eigenvalue weighted by Gasteiger charge is -2.38. The summed E-state index contributed by atoms with van der Waals surface area (Å²) in [5, 5.41) is 0. The highest BCUT2D eigenvalue weighted by molar-refractivity contribution is 6.08. The molecule has 0 spiro atoms. The van der Waals surface area contributed by atoms with Crippen LogP contribution in [0.25, 0.3) is 11.0 Å². The van der Waals surface area contributed by atoms with Crippen LogP contribution < -0.4 is 9.64 Å². The van der Waals surface area contributed by atoms with Gasteiger partial charge in [-0.25, -0.2) is 4.98 Å². The summed E-state index contributed by atoms with van der Waals surface area (Å²) in [7, 11) is 0. The topological polar surface area (TPSA) is 73.7 Å². The molecule has 0 fully saturated rings. The van der Waals surface area contributed by atoms with Crippen LogP contribution in [0.2, 0.25) is 0 Å². The van der Waals surface area contributed by atoms with E-state index in [0.29, 0.717) is 25.0 Å². The van der Waals surface area contributed by atoms with Crippen LogP contribution in [0.4, 0.5) is 5.95 Å². The van der Waals surface area contributed by atoms with E-state index in [-0.39, 0.29) is 12.5 Å². The van der Waals surface area contributed by atoms with Gasteiger partial charge in [0.2, 0.25) is 11.9 Å². The number of hydrogen-bond acceptors (Lipinski definition) is 5. The summed E-state index contributed by atoms with van der Waals surface area (Å²) in [6.45, 7) is 7.20. The van der Waals surface area contributed by atoms with Gasteiger partial charge >= 0.3 is 5.97 Å². The summed E-state index contributed by atoms with van der Waals surface area (Å²) in [5.41, 5.74) is 3.38. The van der Waals surface area contributed by atoms with Crippen LogP contribution in [0.5, 0.6) is 5.75 Å². The summed E-state index contributed by atoms with van der Waals surface area (Å²) in [6, 6.07) is 24.5. The molecule has 3 aromatic carbocycles. The van der Waals surface area contributed by atoms with E-state index in [0.717, 1.165) is 34.3 Å². The Hall–Kier alpha value is -4.13. The van der Waals surface area contributed by atoms with E-state index >= 15 is 0 Å². The molecule has 196 valence electrons. The first-order chi connectivity index (χ1) is 18.5. The maximum absolute atomic E-state index is 14.1. The molecular weight excluding hydrogens is 478 g/mol. The second-order valence-electron chi connectivity index (χ2n) is 9.96. The zero-order valence-corrected chi connectivity index (χ0v) is 22.0. The van der Waals surface area contributed by atoms with Crippen LogP contribution in [-0.4, -0.2) is 34.6 Å². The van der Waals surface area contributed by atoms with Gasteiger partial charge < -0.3 is 14.0 Å². The predicted octanol–water partition coefficient (Wildman–Crippen LogP) is 5.78. The molecule has 2 heterocycles. The van der Waals surface area contributed by atoms with Gasteiger partial charge in [0.15, 0.2) is 5.92 Å². The van der Waals surface area contributed by atoms with Gasteiger partial charge in [0.05, 0.1) is 36.8 Å². The number of imidazole rings is 1. The van der Waals surface area contributed by atoms with Crippen molar-refractivity contribution >= 4 is 28.9 Å². The molecule has 4 aromatic rings. The molecule has 0 unspecified atom stereocenters. The summed E-state index contributed by atoms with van der Waals surface area (Å²) in [5.74, 6) is -0.0942. The lowest BCUT2D eigenvalue weighted by atomic mass is 9.89. The molecule has 1 aliphatic heterocycles. The Morgan fingerprint density at radius 1 is 0.974 bits per heavy atom. The number of nitrogens with zero attached hydrogens (tertiary/aromatic N) is 3. The van der Waals surface area contributed by atoms with Gasteiger partial charge in [0.25, 0.3) is 0 Å². The number of carbonyl (C=O) groups is 2. The maximum Gasteiger partial charge on any atom is 0.321 e. The van der Waals surface area contributed by atoms with Crippen molar-refractivity contribution in [3.63, 3.8) is 0 Å². The molecule has 0 bridgehead atoms. The van der Waals surface area contributed by atoms with Crippen molar-refractivity contribution in [2.24, 2.45) is 11.8 Å². The van der Waals surface area contributed by atoms with Gasteiger partial charge in [-0.15, -0.1) is 0 Å². The Kier molecular flexibility index (Phi) is 7.45. The molecular formula is C31H33N3O4. The molecule has 38 heavy (non-hydrogen) atoms. The zero-order chi connectivity index (χ0) is 26.6. The van der Waals surface area contributed by atoms with Crippen LogP contribution in [0.1, 0.15) is 44.4 Å². The molecule has 1 aromatic heterocycles. The third kappa shape index (κ3) is 5.01. The average molecular weight is 512 g/mol. The molecule has 1 aliphatic rings. The third-order valence-corrected chi connectivity index (χ3v) is 6.85. The van der Waals surface area contributed by atoms with Gasteiger partial charge in [-0.1, -0.05) is 68.4 Å². The first-order valence-electron chi connectivity index (χ1n) is 13.2. The standard InChI is InChI=1S/C31H33N3O4/c1-4-37-30(36)27-28(23-14-16-24(17-15-23)38-19-18-21(2)3)34-26-13-9-8-12-25(26)32-31(34)33(29(27)35)20-22-10-6-5-7-11-22/h5-17,21,27-28H,4,18-20H2,1-3H3/t27-,28-/m1/s1. The highest BCUT2D eigenvalue weighted by atomic mass is 16.5. The SMILES string of the molecule is CCOC(=O)[C@H]1C(=O)N(Cc2ccccc2)c2nc3ccccc3n2[C@@H]1c1ccc(OCCC(C)C)cc1. The monoisotopic (exact) mass is 511 g/mol. The Morgan fingerprint density at radius 2 is 1.68 bits per heavy atom. The maximum atomic E-state index is 14.1. The van der Waals surface area contributed by atoms with E-state index < -0.39 is 17.9 Å². The summed E-state index contributed by atoms with van der Waals surface area (Å²) in [4.78, 5) is 34.0. The minimum Gasteiger partial charge on any atom is -0.494 e. The van der Waals surface area contributed by atoms with Crippen molar-refractivity contribution < 1.29 is 19.1 Å². The third-order valence-electron chi connectivity index (χ3n) is 6.85. The molecule has 0 N–H and O–H groups in total. The fraction of sp³-hybridized carbons (Fsp3) is 0.323. The molecule has 0 saturated heterocycles. The summed E-state index contributed by atoms with van der Waals surface area (Å²) >= 11 is 0. The van der Waals surface area contributed by atoms with Crippen LogP contribution in [0, 0.1) is 11.8 Å². The molecule has 5 rings (SSSR count). The van der Waals surface area contributed by atoms with Crippen LogP contribution in [0.3, 0.4) is 0 Å². The molecule has 0 saturated carbocycles. The number of fused-ring (bicyclic) bond motifs is 3. The van der Waals surface area contributed by atoms with E-state index in [4.69, 9.17) is 14.5 Å². The predicted molar refractivity (Wildman–Crippen MR) is 147 cm³/mol. The fourth-order valence-electron chi connectivity index (χ4n) is 4.94. The quantitative estimate of drug-likeness (QED) is 0.210. The Labute approximate surface area is 223 Å². The second kappa shape index (κ2) is 11.1. The van der Waals surface area contributed by atoms with E-state index in [9.17, 15) is 9.59 Å². The smallest absolute Gasteiger partial charge is 0.321 e. The van der Waals surface area contributed by atoms with Crippen LogP contribution >= 0.6 is 0 Å². The van der Waals surface area contributed by atoms with Gasteiger partial charge in [-0.3, -0.25) is 14.5 Å². The summed E-state index contributed by atoms with van der Waals surface area (Å²) < 4.78 is 13.4.